The average Bonchev–Trinajstić information content (AvgIpc) is 2.34. The summed E-state index contributed by atoms with van der Waals surface area (Å²) in [5.41, 5.74) is 0. The lowest BCUT2D eigenvalue weighted by Gasteiger charge is -2.16. The van der Waals surface area contributed by atoms with Crippen LogP contribution in [0.3, 0.4) is 0 Å². The van der Waals surface area contributed by atoms with Gasteiger partial charge in [0.15, 0.2) is 11.6 Å². The maximum Gasteiger partial charge on any atom is 0.162 e. The number of rotatable bonds is 7. The van der Waals surface area contributed by atoms with Crippen molar-refractivity contribution < 1.29 is 18.6 Å². The molecule has 0 aromatic heterocycles. The van der Waals surface area contributed by atoms with Gasteiger partial charge in [0.1, 0.15) is 12.4 Å². The SMILES string of the molecule is CCCNC(CO)COc1ccc(F)c(F)c1. The first kappa shape index (κ1) is 13.9. The molecule has 0 saturated heterocycles. The van der Waals surface area contributed by atoms with E-state index in [4.69, 9.17) is 9.84 Å². The van der Waals surface area contributed by atoms with Crippen LogP contribution in [0.4, 0.5) is 8.78 Å². The van der Waals surface area contributed by atoms with Crippen LogP contribution in [0.5, 0.6) is 5.75 Å². The van der Waals surface area contributed by atoms with Gasteiger partial charge in [-0.05, 0) is 25.1 Å². The zero-order chi connectivity index (χ0) is 12.7. The van der Waals surface area contributed by atoms with Gasteiger partial charge in [0.25, 0.3) is 0 Å². The Morgan fingerprint density at radius 2 is 2.12 bits per heavy atom. The summed E-state index contributed by atoms with van der Waals surface area (Å²) in [6.45, 7) is 2.93. The molecule has 0 saturated carbocycles. The number of hydrogen-bond donors (Lipinski definition) is 2. The highest BCUT2D eigenvalue weighted by molar-refractivity contribution is 5.23. The van der Waals surface area contributed by atoms with Crippen LogP contribution in [0.15, 0.2) is 18.2 Å². The van der Waals surface area contributed by atoms with Crippen LogP contribution in [0.25, 0.3) is 0 Å². The summed E-state index contributed by atoms with van der Waals surface area (Å²) in [5, 5.41) is 12.1. The number of halogens is 2. The molecule has 2 N–H and O–H groups in total. The first-order valence-electron chi connectivity index (χ1n) is 5.59. The number of hydrogen-bond acceptors (Lipinski definition) is 3. The lowest BCUT2D eigenvalue weighted by atomic mass is 10.3. The second-order valence-electron chi connectivity index (χ2n) is 3.72. The molecule has 0 radical (unpaired) electrons. The lowest BCUT2D eigenvalue weighted by Crippen LogP contribution is -2.38. The maximum absolute atomic E-state index is 12.9. The standard InChI is InChI=1S/C12H17F2NO2/c1-2-5-15-9(7-16)8-17-10-3-4-11(13)12(14)6-10/h3-4,6,9,15-16H,2,5,7-8H2,1H3. The smallest absolute Gasteiger partial charge is 0.162 e. The third-order valence-corrected chi connectivity index (χ3v) is 2.25. The Morgan fingerprint density at radius 1 is 1.35 bits per heavy atom. The molecule has 0 aliphatic rings. The highest BCUT2D eigenvalue weighted by Crippen LogP contribution is 2.15. The molecule has 5 heteroatoms. The van der Waals surface area contributed by atoms with Crippen LogP contribution in [-0.2, 0) is 0 Å². The normalized spacial score (nSPS) is 12.5. The third kappa shape index (κ3) is 4.66. The van der Waals surface area contributed by atoms with E-state index in [1.165, 1.54) is 6.07 Å². The van der Waals surface area contributed by atoms with Crippen molar-refractivity contribution in [2.45, 2.75) is 19.4 Å². The molecular weight excluding hydrogens is 228 g/mol. The van der Waals surface area contributed by atoms with Gasteiger partial charge in [0.2, 0.25) is 0 Å². The summed E-state index contributed by atoms with van der Waals surface area (Å²) in [6, 6.07) is 3.15. The summed E-state index contributed by atoms with van der Waals surface area (Å²) in [4.78, 5) is 0. The van der Waals surface area contributed by atoms with E-state index in [-0.39, 0.29) is 25.0 Å². The monoisotopic (exact) mass is 245 g/mol. The van der Waals surface area contributed by atoms with Crippen LogP contribution in [0.2, 0.25) is 0 Å². The summed E-state index contributed by atoms with van der Waals surface area (Å²) >= 11 is 0. The molecule has 1 rings (SSSR count). The van der Waals surface area contributed by atoms with Gasteiger partial charge in [-0.3, -0.25) is 0 Å². The second-order valence-corrected chi connectivity index (χ2v) is 3.72. The first-order valence-corrected chi connectivity index (χ1v) is 5.59. The van der Waals surface area contributed by atoms with Gasteiger partial charge < -0.3 is 15.2 Å². The van der Waals surface area contributed by atoms with E-state index in [2.05, 4.69) is 5.32 Å². The molecular formula is C12H17F2NO2. The van der Waals surface area contributed by atoms with Crippen LogP contribution < -0.4 is 10.1 Å². The number of nitrogens with one attached hydrogen (secondary N) is 1. The summed E-state index contributed by atoms with van der Waals surface area (Å²) in [7, 11) is 0. The molecule has 1 aromatic rings. The molecule has 0 heterocycles. The highest BCUT2D eigenvalue weighted by atomic mass is 19.2. The fourth-order valence-corrected chi connectivity index (χ4v) is 1.29. The molecule has 1 unspecified atom stereocenters. The largest absolute Gasteiger partial charge is 0.492 e. The van der Waals surface area contributed by atoms with Crippen molar-refractivity contribution in [3.8, 4) is 5.75 Å². The Kier molecular flexibility index (Phi) is 5.86. The number of aliphatic hydroxyl groups is 1. The minimum absolute atomic E-state index is 0.0658. The predicted molar refractivity (Wildman–Crippen MR) is 61.0 cm³/mol. The van der Waals surface area contributed by atoms with Crippen molar-refractivity contribution in [1.29, 1.82) is 0 Å². The van der Waals surface area contributed by atoms with Crippen LogP contribution >= 0.6 is 0 Å². The zero-order valence-electron chi connectivity index (χ0n) is 9.75. The van der Waals surface area contributed by atoms with Crippen LogP contribution in [-0.4, -0.2) is 30.9 Å². The van der Waals surface area contributed by atoms with Gasteiger partial charge in [-0.15, -0.1) is 0 Å². The van der Waals surface area contributed by atoms with Crippen molar-refractivity contribution in [1.82, 2.24) is 5.32 Å². The lowest BCUT2D eigenvalue weighted by molar-refractivity contribution is 0.183. The van der Waals surface area contributed by atoms with E-state index >= 15 is 0 Å². The van der Waals surface area contributed by atoms with Crippen molar-refractivity contribution in [3.05, 3.63) is 29.8 Å². The summed E-state index contributed by atoms with van der Waals surface area (Å²) in [5.74, 6) is -1.59. The van der Waals surface area contributed by atoms with E-state index in [1.54, 1.807) is 0 Å². The minimum atomic E-state index is -0.940. The first-order chi connectivity index (χ1) is 8.17. The van der Waals surface area contributed by atoms with Gasteiger partial charge in [0, 0.05) is 6.07 Å². The number of benzene rings is 1. The molecule has 0 aliphatic heterocycles. The van der Waals surface area contributed by atoms with Gasteiger partial charge in [-0.1, -0.05) is 6.92 Å². The highest BCUT2D eigenvalue weighted by Gasteiger charge is 2.08. The molecule has 0 fully saturated rings. The van der Waals surface area contributed by atoms with Crippen molar-refractivity contribution in [2.24, 2.45) is 0 Å². The summed E-state index contributed by atoms with van der Waals surface area (Å²) in [6.07, 6.45) is 0.946. The molecule has 17 heavy (non-hydrogen) atoms. The van der Waals surface area contributed by atoms with E-state index < -0.39 is 11.6 Å². The fraction of sp³-hybridized carbons (Fsp3) is 0.500. The average molecular weight is 245 g/mol. The molecule has 0 aliphatic carbocycles. The number of ether oxygens (including phenoxy) is 1. The molecule has 1 atom stereocenters. The molecule has 1 aromatic carbocycles. The van der Waals surface area contributed by atoms with Gasteiger partial charge in [-0.25, -0.2) is 8.78 Å². The Balaban J connectivity index is 2.45. The Labute approximate surface area is 99.4 Å². The number of aliphatic hydroxyl groups excluding tert-OH is 1. The van der Waals surface area contributed by atoms with E-state index in [0.717, 1.165) is 25.1 Å². The Morgan fingerprint density at radius 3 is 2.71 bits per heavy atom. The van der Waals surface area contributed by atoms with E-state index in [9.17, 15) is 8.78 Å². The van der Waals surface area contributed by atoms with Crippen LogP contribution in [0.1, 0.15) is 13.3 Å². The topological polar surface area (TPSA) is 41.5 Å². The van der Waals surface area contributed by atoms with Crippen LogP contribution in [0, 0.1) is 11.6 Å². The quantitative estimate of drug-likeness (QED) is 0.768. The summed E-state index contributed by atoms with van der Waals surface area (Å²) < 4.78 is 30.8. The molecule has 0 bridgehead atoms. The van der Waals surface area contributed by atoms with E-state index in [1.807, 2.05) is 6.92 Å². The van der Waals surface area contributed by atoms with Crippen molar-refractivity contribution >= 4 is 0 Å². The van der Waals surface area contributed by atoms with Crippen molar-refractivity contribution in [2.75, 3.05) is 19.8 Å². The van der Waals surface area contributed by atoms with Gasteiger partial charge in [-0.2, -0.15) is 0 Å². The molecule has 96 valence electrons. The van der Waals surface area contributed by atoms with Crippen molar-refractivity contribution in [3.63, 3.8) is 0 Å². The van der Waals surface area contributed by atoms with Gasteiger partial charge in [0.05, 0.1) is 12.6 Å². The zero-order valence-corrected chi connectivity index (χ0v) is 9.75. The Hall–Kier alpha value is -1.20. The predicted octanol–water partition coefficient (Wildman–Crippen LogP) is 1.70. The fourth-order valence-electron chi connectivity index (χ4n) is 1.29. The molecule has 3 nitrogen and oxygen atoms in total. The molecule has 0 spiro atoms. The van der Waals surface area contributed by atoms with E-state index in [0.29, 0.717) is 0 Å². The maximum atomic E-state index is 12.9. The van der Waals surface area contributed by atoms with Gasteiger partial charge >= 0.3 is 0 Å². The Bertz CT molecular complexity index is 347. The molecule has 0 amide bonds. The third-order valence-electron chi connectivity index (χ3n) is 2.25. The second kappa shape index (κ2) is 7.19. The minimum Gasteiger partial charge on any atom is -0.492 e.